The molecule has 26 heavy (non-hydrogen) atoms. The number of carbonyl (C=O) groups is 2. The van der Waals surface area contributed by atoms with Gasteiger partial charge in [0.05, 0.1) is 0 Å². The first-order valence-corrected chi connectivity index (χ1v) is 8.89. The van der Waals surface area contributed by atoms with Crippen LogP contribution in [0.1, 0.15) is 30.9 Å². The molecule has 0 spiro atoms. The lowest BCUT2D eigenvalue weighted by molar-refractivity contribution is -0.122. The van der Waals surface area contributed by atoms with E-state index in [-0.39, 0.29) is 11.8 Å². The smallest absolute Gasteiger partial charge is 0.265 e. The Hall–Kier alpha value is -2.82. The molecule has 5 nitrogen and oxygen atoms in total. The number of anilines is 2. The number of nitrogens with one attached hydrogen (secondary N) is 1. The average molecular weight is 352 g/mol. The third-order valence-electron chi connectivity index (χ3n) is 4.52. The van der Waals surface area contributed by atoms with Crippen LogP contribution < -0.4 is 15.0 Å². The van der Waals surface area contributed by atoms with Crippen LogP contribution >= 0.6 is 0 Å². The summed E-state index contributed by atoms with van der Waals surface area (Å²) < 4.78 is 5.79. The van der Waals surface area contributed by atoms with E-state index in [9.17, 15) is 9.59 Å². The van der Waals surface area contributed by atoms with Crippen molar-refractivity contribution < 1.29 is 14.3 Å². The molecule has 5 heteroatoms. The number of rotatable bonds is 5. The maximum absolute atomic E-state index is 12.4. The number of hydrogen-bond donors (Lipinski definition) is 1. The van der Waals surface area contributed by atoms with Gasteiger partial charge in [-0.1, -0.05) is 17.7 Å². The first kappa shape index (κ1) is 18.0. The van der Waals surface area contributed by atoms with Gasteiger partial charge in [0, 0.05) is 24.3 Å². The molecule has 0 bridgehead atoms. The molecule has 0 aromatic heterocycles. The zero-order chi connectivity index (χ0) is 18.7. The Kier molecular flexibility index (Phi) is 5.26. The van der Waals surface area contributed by atoms with Gasteiger partial charge in [0.15, 0.2) is 6.10 Å². The van der Waals surface area contributed by atoms with Crippen LogP contribution in [0.2, 0.25) is 0 Å². The average Bonchev–Trinajstić information content (AvgIpc) is 3.04. The van der Waals surface area contributed by atoms with Crippen LogP contribution in [0.3, 0.4) is 0 Å². The van der Waals surface area contributed by atoms with Gasteiger partial charge in [0.1, 0.15) is 5.75 Å². The molecule has 1 atom stereocenters. The van der Waals surface area contributed by atoms with E-state index in [2.05, 4.69) is 5.32 Å². The predicted octanol–water partition coefficient (Wildman–Crippen LogP) is 3.84. The Bertz CT molecular complexity index is 815. The summed E-state index contributed by atoms with van der Waals surface area (Å²) in [6.07, 6.45) is 0.882. The van der Waals surface area contributed by atoms with E-state index in [1.807, 2.05) is 56.3 Å². The second-order valence-electron chi connectivity index (χ2n) is 6.71. The predicted molar refractivity (Wildman–Crippen MR) is 103 cm³/mol. The van der Waals surface area contributed by atoms with E-state index in [0.717, 1.165) is 29.8 Å². The monoisotopic (exact) mass is 352 g/mol. The fourth-order valence-electron chi connectivity index (χ4n) is 3.07. The Morgan fingerprint density at radius 2 is 1.88 bits per heavy atom. The van der Waals surface area contributed by atoms with Crippen molar-refractivity contribution in [2.75, 3.05) is 16.8 Å². The van der Waals surface area contributed by atoms with E-state index in [0.29, 0.717) is 17.9 Å². The summed E-state index contributed by atoms with van der Waals surface area (Å²) >= 11 is 0. The van der Waals surface area contributed by atoms with Crippen molar-refractivity contribution in [3.63, 3.8) is 0 Å². The molecule has 0 radical (unpaired) electrons. The zero-order valence-corrected chi connectivity index (χ0v) is 15.4. The number of hydrogen-bond acceptors (Lipinski definition) is 3. The summed E-state index contributed by atoms with van der Waals surface area (Å²) in [5.74, 6) is 0.647. The lowest BCUT2D eigenvalue weighted by atomic mass is 10.1. The minimum atomic E-state index is -0.615. The number of amides is 2. The van der Waals surface area contributed by atoms with E-state index in [1.54, 1.807) is 11.8 Å². The molecule has 0 saturated carbocycles. The van der Waals surface area contributed by atoms with E-state index in [1.165, 1.54) is 0 Å². The van der Waals surface area contributed by atoms with Crippen molar-refractivity contribution in [2.24, 2.45) is 0 Å². The van der Waals surface area contributed by atoms with E-state index in [4.69, 9.17) is 4.74 Å². The molecule has 1 N–H and O–H groups in total. The topological polar surface area (TPSA) is 58.6 Å². The standard InChI is InChI=1S/C21H24N2O3/c1-14-6-11-19(15(2)13-14)26-16(3)21(25)22-17-7-9-18(10-8-17)23-12-4-5-20(23)24/h6-11,13,16H,4-5,12H2,1-3H3,(H,22,25). The minimum absolute atomic E-state index is 0.150. The Labute approximate surface area is 154 Å². The SMILES string of the molecule is Cc1ccc(OC(C)C(=O)Nc2ccc(N3CCCC3=O)cc2)c(C)c1. The van der Waals surface area contributed by atoms with Crippen molar-refractivity contribution in [1.29, 1.82) is 0 Å². The van der Waals surface area contributed by atoms with Crippen LogP contribution in [0.25, 0.3) is 0 Å². The lowest BCUT2D eigenvalue weighted by Gasteiger charge is -2.18. The van der Waals surface area contributed by atoms with E-state index < -0.39 is 6.10 Å². The Balaban J connectivity index is 1.61. The fraction of sp³-hybridized carbons (Fsp3) is 0.333. The molecular weight excluding hydrogens is 328 g/mol. The normalized spacial score (nSPS) is 15.0. The molecule has 2 aromatic rings. The van der Waals surface area contributed by atoms with Gasteiger partial charge in [-0.3, -0.25) is 9.59 Å². The van der Waals surface area contributed by atoms with Crippen molar-refractivity contribution in [3.05, 3.63) is 53.6 Å². The lowest BCUT2D eigenvalue weighted by Crippen LogP contribution is -2.30. The molecule has 136 valence electrons. The van der Waals surface area contributed by atoms with Gasteiger partial charge in [-0.2, -0.15) is 0 Å². The second kappa shape index (κ2) is 7.60. The molecule has 1 heterocycles. The third-order valence-corrected chi connectivity index (χ3v) is 4.52. The highest BCUT2D eigenvalue weighted by atomic mass is 16.5. The highest BCUT2D eigenvalue weighted by Crippen LogP contribution is 2.24. The zero-order valence-electron chi connectivity index (χ0n) is 15.4. The molecule has 1 unspecified atom stereocenters. The maximum Gasteiger partial charge on any atom is 0.265 e. The van der Waals surface area contributed by atoms with Crippen LogP contribution in [0.5, 0.6) is 5.75 Å². The molecule has 2 amide bonds. The highest BCUT2D eigenvalue weighted by molar-refractivity contribution is 5.96. The van der Waals surface area contributed by atoms with Gasteiger partial charge in [0.2, 0.25) is 5.91 Å². The molecule has 1 saturated heterocycles. The largest absolute Gasteiger partial charge is 0.481 e. The van der Waals surface area contributed by atoms with Crippen molar-refractivity contribution in [2.45, 2.75) is 39.7 Å². The van der Waals surface area contributed by atoms with Gasteiger partial charge in [-0.05, 0) is 63.1 Å². The summed E-state index contributed by atoms with van der Waals surface area (Å²) in [5.41, 5.74) is 3.71. The summed E-state index contributed by atoms with van der Waals surface area (Å²) in [6.45, 7) is 6.47. The molecule has 0 aliphatic carbocycles. The number of benzene rings is 2. The summed E-state index contributed by atoms with van der Waals surface area (Å²) in [4.78, 5) is 26.0. The van der Waals surface area contributed by atoms with Crippen molar-refractivity contribution in [1.82, 2.24) is 0 Å². The number of ether oxygens (including phenoxy) is 1. The van der Waals surface area contributed by atoms with Crippen LogP contribution in [-0.2, 0) is 9.59 Å². The quantitative estimate of drug-likeness (QED) is 0.889. The fourth-order valence-corrected chi connectivity index (χ4v) is 3.07. The summed E-state index contributed by atoms with van der Waals surface area (Å²) in [5, 5.41) is 2.85. The van der Waals surface area contributed by atoms with Crippen LogP contribution in [0.15, 0.2) is 42.5 Å². The third kappa shape index (κ3) is 4.04. The maximum atomic E-state index is 12.4. The molecular formula is C21H24N2O3. The van der Waals surface area contributed by atoms with E-state index >= 15 is 0 Å². The van der Waals surface area contributed by atoms with Crippen molar-refractivity contribution >= 4 is 23.2 Å². The minimum Gasteiger partial charge on any atom is -0.481 e. The molecule has 2 aromatic carbocycles. The molecule has 1 aliphatic rings. The Morgan fingerprint density at radius 1 is 1.15 bits per heavy atom. The number of carbonyl (C=O) groups excluding carboxylic acids is 2. The summed E-state index contributed by atoms with van der Waals surface area (Å²) in [6, 6.07) is 13.2. The van der Waals surface area contributed by atoms with Crippen molar-refractivity contribution in [3.8, 4) is 5.75 Å². The number of aryl methyl sites for hydroxylation is 2. The first-order valence-electron chi connectivity index (χ1n) is 8.89. The molecule has 3 rings (SSSR count). The van der Waals surface area contributed by atoms with Gasteiger partial charge < -0.3 is 15.0 Å². The van der Waals surface area contributed by atoms with Gasteiger partial charge in [0.25, 0.3) is 5.91 Å². The van der Waals surface area contributed by atoms with Gasteiger partial charge in [-0.15, -0.1) is 0 Å². The van der Waals surface area contributed by atoms with Crippen LogP contribution in [0, 0.1) is 13.8 Å². The van der Waals surface area contributed by atoms with Crippen LogP contribution in [-0.4, -0.2) is 24.5 Å². The van der Waals surface area contributed by atoms with Crippen LogP contribution in [0.4, 0.5) is 11.4 Å². The van der Waals surface area contributed by atoms with Gasteiger partial charge >= 0.3 is 0 Å². The highest BCUT2D eigenvalue weighted by Gasteiger charge is 2.21. The summed E-state index contributed by atoms with van der Waals surface area (Å²) in [7, 11) is 0. The molecule has 1 aliphatic heterocycles. The first-order chi connectivity index (χ1) is 12.4. The second-order valence-corrected chi connectivity index (χ2v) is 6.71. The van der Waals surface area contributed by atoms with Gasteiger partial charge in [-0.25, -0.2) is 0 Å². The Morgan fingerprint density at radius 3 is 2.50 bits per heavy atom. The molecule has 1 fully saturated rings. The number of nitrogens with zero attached hydrogens (tertiary/aromatic N) is 1.